The fourth-order valence-electron chi connectivity index (χ4n) is 2.62. The molecule has 3 heteroatoms. The van der Waals surface area contributed by atoms with Crippen LogP contribution in [0.15, 0.2) is 30.3 Å². The van der Waals surface area contributed by atoms with Crippen molar-refractivity contribution in [1.29, 1.82) is 0 Å². The topological polar surface area (TPSA) is 26.3 Å². The van der Waals surface area contributed by atoms with Crippen molar-refractivity contribution in [2.75, 3.05) is 0 Å². The second-order valence-corrected chi connectivity index (χ2v) is 5.19. The normalized spacial score (nSPS) is 11.4. The monoisotopic (exact) mass is 264 g/mol. The molecule has 0 spiro atoms. The SMILES string of the molecule is CCC(CC)(CCCC(=O)O[SiH3])c1ccccc1. The molecule has 0 heterocycles. The Labute approximate surface area is 113 Å². The van der Waals surface area contributed by atoms with Gasteiger partial charge in [-0.25, -0.2) is 0 Å². The molecular weight excluding hydrogens is 240 g/mol. The minimum Gasteiger partial charge on any atom is -0.529 e. The molecule has 100 valence electrons. The van der Waals surface area contributed by atoms with Crippen molar-refractivity contribution in [2.45, 2.75) is 51.4 Å². The number of carbonyl (C=O) groups is 1. The second-order valence-electron chi connectivity index (χ2n) is 4.78. The Bertz CT molecular complexity index is 358. The van der Waals surface area contributed by atoms with Gasteiger partial charge < -0.3 is 4.43 Å². The Balaban J connectivity index is 2.72. The van der Waals surface area contributed by atoms with Crippen molar-refractivity contribution in [2.24, 2.45) is 0 Å². The average Bonchev–Trinajstić information content (AvgIpc) is 2.44. The van der Waals surface area contributed by atoms with Crippen LogP contribution in [0.5, 0.6) is 0 Å². The minimum absolute atomic E-state index is 0.0455. The second kappa shape index (κ2) is 7.37. The van der Waals surface area contributed by atoms with E-state index in [2.05, 4.69) is 44.2 Å². The lowest BCUT2D eigenvalue weighted by Gasteiger charge is -2.32. The number of carbonyl (C=O) groups excluding carboxylic acids is 1. The quantitative estimate of drug-likeness (QED) is 0.708. The van der Waals surface area contributed by atoms with Crippen LogP contribution in [0.3, 0.4) is 0 Å². The third-order valence-electron chi connectivity index (χ3n) is 4.00. The van der Waals surface area contributed by atoms with Crippen LogP contribution >= 0.6 is 0 Å². The molecule has 1 aromatic rings. The summed E-state index contributed by atoms with van der Waals surface area (Å²) in [7, 11) is 0.507. The summed E-state index contributed by atoms with van der Waals surface area (Å²) in [6.07, 6.45) is 4.75. The van der Waals surface area contributed by atoms with Gasteiger partial charge in [-0.1, -0.05) is 44.2 Å². The lowest BCUT2D eigenvalue weighted by molar-refractivity contribution is -0.134. The molecule has 0 atom stereocenters. The number of hydrogen-bond acceptors (Lipinski definition) is 2. The minimum atomic E-state index is -0.0455. The van der Waals surface area contributed by atoms with Crippen molar-refractivity contribution in [3.8, 4) is 0 Å². The highest BCUT2D eigenvalue weighted by Crippen LogP contribution is 2.36. The molecule has 1 rings (SSSR count). The maximum atomic E-state index is 11.2. The predicted octanol–water partition coefficient (Wildman–Crippen LogP) is 2.74. The molecular formula is C15H24O2Si. The maximum absolute atomic E-state index is 11.2. The van der Waals surface area contributed by atoms with Gasteiger partial charge in [0.1, 0.15) is 0 Å². The van der Waals surface area contributed by atoms with Crippen molar-refractivity contribution < 1.29 is 9.22 Å². The molecule has 0 aliphatic carbocycles. The fourth-order valence-corrected chi connectivity index (χ4v) is 2.83. The third kappa shape index (κ3) is 3.70. The summed E-state index contributed by atoms with van der Waals surface area (Å²) in [5, 5.41) is 0. The standard InChI is InChI=1S/C15H24O2Si/c1-3-15(4-2,12-8-11-14(16)17-18)13-9-6-5-7-10-13/h5-7,9-10H,3-4,8,11-12H2,1-2,18H3. The van der Waals surface area contributed by atoms with E-state index in [1.807, 2.05) is 0 Å². The van der Waals surface area contributed by atoms with Gasteiger partial charge in [0.25, 0.3) is 5.97 Å². The molecule has 0 amide bonds. The Morgan fingerprint density at radius 2 is 1.83 bits per heavy atom. The average molecular weight is 264 g/mol. The van der Waals surface area contributed by atoms with E-state index in [9.17, 15) is 4.79 Å². The van der Waals surface area contributed by atoms with Crippen LogP contribution in [-0.4, -0.2) is 16.5 Å². The molecule has 0 unspecified atom stereocenters. The van der Waals surface area contributed by atoms with Gasteiger partial charge in [0, 0.05) is 6.42 Å². The zero-order valence-corrected chi connectivity index (χ0v) is 13.7. The summed E-state index contributed by atoms with van der Waals surface area (Å²) in [5.41, 5.74) is 1.61. The highest BCUT2D eigenvalue weighted by atomic mass is 28.2. The Hall–Kier alpha value is -1.09. The first-order chi connectivity index (χ1) is 8.68. The smallest absolute Gasteiger partial charge is 0.291 e. The van der Waals surface area contributed by atoms with Crippen molar-refractivity contribution in [1.82, 2.24) is 0 Å². The van der Waals surface area contributed by atoms with E-state index in [0.29, 0.717) is 16.9 Å². The van der Waals surface area contributed by atoms with E-state index in [1.165, 1.54) is 5.56 Å². The molecule has 0 N–H and O–H groups in total. The molecule has 0 saturated carbocycles. The summed E-state index contributed by atoms with van der Waals surface area (Å²) in [6.45, 7) is 4.48. The van der Waals surface area contributed by atoms with E-state index in [4.69, 9.17) is 4.43 Å². The maximum Gasteiger partial charge on any atom is 0.291 e. The first kappa shape index (κ1) is 15.0. The molecule has 2 nitrogen and oxygen atoms in total. The van der Waals surface area contributed by atoms with Crippen LogP contribution < -0.4 is 0 Å². The van der Waals surface area contributed by atoms with E-state index in [-0.39, 0.29) is 11.4 Å². The summed E-state index contributed by atoms with van der Waals surface area (Å²) in [6, 6.07) is 10.7. The van der Waals surface area contributed by atoms with E-state index >= 15 is 0 Å². The van der Waals surface area contributed by atoms with Gasteiger partial charge in [0.15, 0.2) is 0 Å². The Morgan fingerprint density at radius 3 is 2.33 bits per heavy atom. The third-order valence-corrected chi connectivity index (χ3v) is 4.46. The molecule has 0 fully saturated rings. The molecule has 0 bridgehead atoms. The molecule has 0 aromatic heterocycles. The highest BCUT2D eigenvalue weighted by molar-refractivity contribution is 6.05. The molecule has 18 heavy (non-hydrogen) atoms. The number of rotatable bonds is 7. The number of hydrogen-bond donors (Lipinski definition) is 0. The van der Waals surface area contributed by atoms with Crippen molar-refractivity contribution in [3.05, 3.63) is 35.9 Å². The van der Waals surface area contributed by atoms with Crippen LogP contribution in [0.25, 0.3) is 0 Å². The highest BCUT2D eigenvalue weighted by Gasteiger charge is 2.27. The molecule has 1 aromatic carbocycles. The summed E-state index contributed by atoms with van der Waals surface area (Å²) in [5.74, 6) is -0.0455. The van der Waals surface area contributed by atoms with Crippen LogP contribution in [0, 0.1) is 0 Å². The van der Waals surface area contributed by atoms with E-state index < -0.39 is 0 Å². The lowest BCUT2D eigenvalue weighted by atomic mass is 9.72. The van der Waals surface area contributed by atoms with Gasteiger partial charge in [-0.3, -0.25) is 4.79 Å². The summed E-state index contributed by atoms with van der Waals surface area (Å²) in [4.78, 5) is 11.2. The van der Waals surface area contributed by atoms with Crippen molar-refractivity contribution >= 4 is 16.5 Å². The van der Waals surface area contributed by atoms with Crippen LogP contribution in [0.1, 0.15) is 51.5 Å². The molecule has 0 radical (unpaired) electrons. The summed E-state index contributed by atoms with van der Waals surface area (Å²) >= 11 is 0. The summed E-state index contributed by atoms with van der Waals surface area (Å²) < 4.78 is 4.84. The lowest BCUT2D eigenvalue weighted by Crippen LogP contribution is -2.24. The predicted molar refractivity (Wildman–Crippen MR) is 78.6 cm³/mol. The van der Waals surface area contributed by atoms with Gasteiger partial charge in [0.05, 0.1) is 0 Å². The van der Waals surface area contributed by atoms with Gasteiger partial charge in [-0.15, -0.1) is 0 Å². The van der Waals surface area contributed by atoms with E-state index in [0.717, 1.165) is 25.7 Å². The molecule has 0 aliphatic rings. The van der Waals surface area contributed by atoms with Crippen LogP contribution in [-0.2, 0) is 14.6 Å². The van der Waals surface area contributed by atoms with Gasteiger partial charge >= 0.3 is 0 Å². The Kier molecular flexibility index (Phi) is 6.12. The first-order valence-corrected chi connectivity index (χ1v) is 7.62. The zero-order chi connectivity index (χ0) is 13.4. The number of benzene rings is 1. The first-order valence-electron chi connectivity index (χ1n) is 6.81. The van der Waals surface area contributed by atoms with Crippen LogP contribution in [0.4, 0.5) is 0 Å². The van der Waals surface area contributed by atoms with Gasteiger partial charge in [-0.2, -0.15) is 0 Å². The van der Waals surface area contributed by atoms with Crippen LogP contribution in [0.2, 0.25) is 0 Å². The molecule has 0 saturated heterocycles. The fraction of sp³-hybridized carbons (Fsp3) is 0.533. The largest absolute Gasteiger partial charge is 0.529 e. The van der Waals surface area contributed by atoms with Gasteiger partial charge in [0.2, 0.25) is 10.5 Å². The zero-order valence-electron chi connectivity index (χ0n) is 11.7. The van der Waals surface area contributed by atoms with Crippen molar-refractivity contribution in [3.63, 3.8) is 0 Å². The van der Waals surface area contributed by atoms with Gasteiger partial charge in [-0.05, 0) is 36.7 Å². The Morgan fingerprint density at radius 1 is 1.22 bits per heavy atom. The molecule has 0 aliphatic heterocycles. The van der Waals surface area contributed by atoms with E-state index in [1.54, 1.807) is 0 Å².